The van der Waals surface area contributed by atoms with E-state index in [4.69, 9.17) is 4.74 Å². The van der Waals surface area contributed by atoms with Gasteiger partial charge in [0.1, 0.15) is 5.75 Å². The number of nitrogens with one attached hydrogen (secondary N) is 1. The summed E-state index contributed by atoms with van der Waals surface area (Å²) in [5.41, 5.74) is 0.810. The van der Waals surface area contributed by atoms with Crippen molar-refractivity contribution in [2.24, 2.45) is 5.92 Å². The molecule has 1 heterocycles. The Morgan fingerprint density at radius 1 is 1.38 bits per heavy atom. The highest BCUT2D eigenvalue weighted by molar-refractivity contribution is 5.90. The zero-order valence-corrected chi connectivity index (χ0v) is 12.8. The minimum atomic E-state index is -0.207. The van der Waals surface area contributed by atoms with Crippen LogP contribution in [-0.4, -0.2) is 46.7 Å². The van der Waals surface area contributed by atoms with Crippen LogP contribution >= 0.6 is 0 Å². The number of nitrogens with zero attached hydrogens (tertiary/aromatic N) is 3. The highest BCUT2D eigenvalue weighted by Crippen LogP contribution is 2.21. The Morgan fingerprint density at radius 2 is 2.14 bits per heavy atom. The first-order valence-corrected chi connectivity index (χ1v) is 6.84. The van der Waals surface area contributed by atoms with Gasteiger partial charge in [-0.15, -0.1) is 0 Å². The van der Waals surface area contributed by atoms with Crippen molar-refractivity contribution in [1.29, 1.82) is 0 Å². The summed E-state index contributed by atoms with van der Waals surface area (Å²) in [5.74, 6) is 1.73. The van der Waals surface area contributed by atoms with Crippen molar-refractivity contribution in [1.82, 2.24) is 20.1 Å². The van der Waals surface area contributed by atoms with Gasteiger partial charge in [0.25, 0.3) is 5.91 Å². The fourth-order valence-corrected chi connectivity index (χ4v) is 1.69. The zero-order chi connectivity index (χ0) is 15.4. The number of carbonyl (C=O) groups is 1. The highest BCUT2D eigenvalue weighted by Gasteiger charge is 2.14. The molecule has 0 spiro atoms. The van der Waals surface area contributed by atoms with Crippen LogP contribution in [0.25, 0.3) is 11.4 Å². The largest absolute Gasteiger partial charge is 0.493 e. The van der Waals surface area contributed by atoms with E-state index in [1.807, 2.05) is 24.3 Å². The molecule has 6 nitrogen and oxygen atoms in total. The molecule has 0 aliphatic carbocycles. The van der Waals surface area contributed by atoms with Crippen molar-refractivity contribution in [3.63, 3.8) is 0 Å². The van der Waals surface area contributed by atoms with Gasteiger partial charge >= 0.3 is 0 Å². The molecule has 0 atom stereocenters. The summed E-state index contributed by atoms with van der Waals surface area (Å²) < 4.78 is 5.68. The summed E-state index contributed by atoms with van der Waals surface area (Å²) in [7, 11) is 3.34. The van der Waals surface area contributed by atoms with E-state index in [1.54, 1.807) is 14.1 Å². The number of H-pyrrole nitrogens is 1. The van der Waals surface area contributed by atoms with Crippen LogP contribution < -0.4 is 4.74 Å². The smallest absolute Gasteiger partial charge is 0.290 e. The van der Waals surface area contributed by atoms with Crippen molar-refractivity contribution < 1.29 is 9.53 Å². The maximum absolute atomic E-state index is 11.8. The first-order valence-electron chi connectivity index (χ1n) is 6.84. The van der Waals surface area contributed by atoms with E-state index in [0.717, 1.165) is 11.3 Å². The lowest BCUT2D eigenvalue weighted by Gasteiger charge is -2.09. The van der Waals surface area contributed by atoms with Crippen LogP contribution in [0.1, 0.15) is 24.5 Å². The van der Waals surface area contributed by atoms with Gasteiger partial charge in [-0.25, -0.2) is 4.98 Å². The fourth-order valence-electron chi connectivity index (χ4n) is 1.69. The Balaban J connectivity index is 2.18. The third-order valence-corrected chi connectivity index (χ3v) is 2.77. The SMILES string of the molecule is CC(C)COc1cccc(-c2n[nH]c(C(=O)N(C)C)n2)c1. The molecule has 0 unspecified atom stereocenters. The van der Waals surface area contributed by atoms with Gasteiger partial charge in [0.15, 0.2) is 5.82 Å². The van der Waals surface area contributed by atoms with Crippen LogP contribution in [0.4, 0.5) is 0 Å². The standard InChI is InChI=1S/C15H20N4O2/c1-10(2)9-21-12-7-5-6-11(8-12)13-16-14(18-17-13)15(20)19(3)4/h5-8,10H,9H2,1-4H3,(H,16,17,18). The maximum atomic E-state index is 11.8. The van der Waals surface area contributed by atoms with Crippen molar-refractivity contribution in [3.8, 4) is 17.1 Å². The van der Waals surface area contributed by atoms with Gasteiger partial charge in [0.2, 0.25) is 5.82 Å². The molecule has 1 aromatic carbocycles. The molecule has 1 aromatic heterocycles. The van der Waals surface area contributed by atoms with Crippen molar-refractivity contribution in [2.45, 2.75) is 13.8 Å². The summed E-state index contributed by atoms with van der Waals surface area (Å²) in [6.45, 7) is 4.85. The molecule has 0 saturated heterocycles. The molecule has 112 valence electrons. The average Bonchev–Trinajstić information content (AvgIpc) is 2.94. The topological polar surface area (TPSA) is 71.1 Å². The van der Waals surface area contributed by atoms with Crippen molar-refractivity contribution in [2.75, 3.05) is 20.7 Å². The third-order valence-electron chi connectivity index (χ3n) is 2.77. The summed E-state index contributed by atoms with van der Waals surface area (Å²) in [6.07, 6.45) is 0. The number of amides is 1. The first-order chi connectivity index (χ1) is 9.97. The van der Waals surface area contributed by atoms with Crippen LogP contribution in [0.3, 0.4) is 0 Å². The minimum absolute atomic E-state index is 0.207. The Bertz CT molecular complexity index is 620. The highest BCUT2D eigenvalue weighted by atomic mass is 16.5. The second kappa shape index (κ2) is 6.39. The van der Waals surface area contributed by atoms with Crippen LogP contribution in [0, 0.1) is 5.92 Å². The fraction of sp³-hybridized carbons (Fsp3) is 0.400. The van der Waals surface area contributed by atoms with E-state index in [-0.39, 0.29) is 11.7 Å². The molecule has 2 aromatic rings. The average molecular weight is 288 g/mol. The number of aromatic nitrogens is 3. The number of hydrogen-bond donors (Lipinski definition) is 1. The van der Waals surface area contributed by atoms with Gasteiger partial charge in [0.05, 0.1) is 6.61 Å². The second-order valence-corrected chi connectivity index (χ2v) is 5.44. The van der Waals surface area contributed by atoms with Crippen LogP contribution in [0.5, 0.6) is 5.75 Å². The molecule has 21 heavy (non-hydrogen) atoms. The molecule has 0 radical (unpaired) electrons. The molecular formula is C15H20N4O2. The lowest BCUT2D eigenvalue weighted by atomic mass is 10.2. The van der Waals surface area contributed by atoms with E-state index in [9.17, 15) is 4.79 Å². The predicted octanol–water partition coefficient (Wildman–Crippen LogP) is 2.21. The van der Waals surface area contributed by atoms with Gasteiger partial charge < -0.3 is 9.64 Å². The van der Waals surface area contributed by atoms with Gasteiger partial charge in [-0.05, 0) is 18.1 Å². The van der Waals surface area contributed by atoms with Crippen molar-refractivity contribution >= 4 is 5.91 Å². The molecular weight excluding hydrogens is 268 g/mol. The minimum Gasteiger partial charge on any atom is -0.493 e. The van der Waals surface area contributed by atoms with E-state index < -0.39 is 0 Å². The summed E-state index contributed by atoms with van der Waals surface area (Å²) in [6, 6.07) is 7.53. The van der Waals surface area contributed by atoms with Crippen LogP contribution in [0.2, 0.25) is 0 Å². The molecule has 0 fully saturated rings. The Kier molecular flexibility index (Phi) is 4.57. The van der Waals surface area contributed by atoms with E-state index in [0.29, 0.717) is 18.3 Å². The summed E-state index contributed by atoms with van der Waals surface area (Å²) >= 11 is 0. The molecule has 2 rings (SSSR count). The molecule has 0 aliphatic heterocycles. The van der Waals surface area contributed by atoms with E-state index >= 15 is 0 Å². The second-order valence-electron chi connectivity index (χ2n) is 5.44. The Morgan fingerprint density at radius 3 is 2.81 bits per heavy atom. The van der Waals surface area contributed by atoms with Gasteiger partial charge in [-0.1, -0.05) is 26.0 Å². The van der Waals surface area contributed by atoms with Crippen LogP contribution in [0.15, 0.2) is 24.3 Å². The van der Waals surface area contributed by atoms with Gasteiger partial charge in [-0.3, -0.25) is 9.89 Å². The molecule has 1 amide bonds. The molecule has 1 N–H and O–H groups in total. The lowest BCUT2D eigenvalue weighted by Crippen LogP contribution is -2.22. The number of ether oxygens (including phenoxy) is 1. The Labute approximate surface area is 124 Å². The van der Waals surface area contributed by atoms with E-state index in [2.05, 4.69) is 29.0 Å². The molecule has 0 aliphatic rings. The molecule has 0 saturated carbocycles. The number of benzene rings is 1. The van der Waals surface area contributed by atoms with E-state index in [1.165, 1.54) is 4.90 Å². The number of rotatable bonds is 5. The number of hydrogen-bond acceptors (Lipinski definition) is 4. The molecule has 6 heteroatoms. The lowest BCUT2D eigenvalue weighted by molar-refractivity contribution is 0.0816. The van der Waals surface area contributed by atoms with Gasteiger partial charge in [0, 0.05) is 19.7 Å². The summed E-state index contributed by atoms with van der Waals surface area (Å²) in [5, 5.41) is 6.75. The maximum Gasteiger partial charge on any atom is 0.290 e. The van der Waals surface area contributed by atoms with Gasteiger partial charge in [-0.2, -0.15) is 5.10 Å². The predicted molar refractivity (Wildman–Crippen MR) is 80.2 cm³/mol. The number of aromatic amines is 1. The monoisotopic (exact) mass is 288 g/mol. The third kappa shape index (κ3) is 3.81. The molecule has 0 bridgehead atoms. The van der Waals surface area contributed by atoms with Crippen LogP contribution in [-0.2, 0) is 0 Å². The zero-order valence-electron chi connectivity index (χ0n) is 12.8. The normalized spacial score (nSPS) is 10.7. The first kappa shape index (κ1) is 15.0. The Hall–Kier alpha value is -2.37. The number of carbonyl (C=O) groups excluding carboxylic acids is 1. The quantitative estimate of drug-likeness (QED) is 0.915. The van der Waals surface area contributed by atoms with Crippen molar-refractivity contribution in [3.05, 3.63) is 30.1 Å². The summed E-state index contributed by atoms with van der Waals surface area (Å²) in [4.78, 5) is 17.5.